The molecule has 0 aromatic rings. The number of nitrogens with zero attached hydrogens (tertiary/aromatic N) is 2. The zero-order valence-electron chi connectivity index (χ0n) is 15.6. The Labute approximate surface area is 134 Å². The van der Waals surface area contributed by atoms with E-state index in [-0.39, 0.29) is 0 Å². The molecule has 0 spiro atoms. The molecule has 1 saturated carbocycles. The molecule has 1 rings (SSSR count). The lowest BCUT2D eigenvalue weighted by molar-refractivity contribution is 0.116. The minimum Gasteiger partial charge on any atom is -0.305 e. The van der Waals surface area contributed by atoms with Crippen LogP contribution in [0.4, 0.5) is 0 Å². The van der Waals surface area contributed by atoms with Gasteiger partial charge in [-0.1, -0.05) is 34.6 Å². The largest absolute Gasteiger partial charge is 0.305 e. The van der Waals surface area contributed by atoms with Crippen LogP contribution in [-0.2, 0) is 0 Å². The van der Waals surface area contributed by atoms with Crippen LogP contribution < -0.4 is 0 Å². The maximum atomic E-state index is 2.74. The molecule has 1 fully saturated rings. The first-order chi connectivity index (χ1) is 9.93. The van der Waals surface area contributed by atoms with Crippen LogP contribution in [0, 0.1) is 17.8 Å². The highest BCUT2D eigenvalue weighted by molar-refractivity contribution is 4.81. The predicted octanol–water partition coefficient (Wildman–Crippen LogP) is 4.50. The minimum absolute atomic E-state index is 0.820. The fourth-order valence-corrected chi connectivity index (χ4v) is 3.62. The number of likely N-dealkylation sites (N-methyl/N-ethyl adjacent to an activating group) is 2. The molecular weight excluding hydrogens is 256 g/mol. The summed E-state index contributed by atoms with van der Waals surface area (Å²) in [5.74, 6) is 2.68. The van der Waals surface area contributed by atoms with Gasteiger partial charge in [0.05, 0.1) is 0 Å². The maximum Gasteiger partial charge on any atom is 0.0112 e. The molecule has 0 bridgehead atoms. The van der Waals surface area contributed by atoms with Gasteiger partial charge in [-0.15, -0.1) is 0 Å². The Morgan fingerprint density at radius 2 is 1.52 bits per heavy atom. The van der Waals surface area contributed by atoms with Crippen LogP contribution in [0.2, 0.25) is 0 Å². The summed E-state index contributed by atoms with van der Waals surface area (Å²) in [6.45, 7) is 16.7. The molecule has 0 saturated heterocycles. The van der Waals surface area contributed by atoms with E-state index in [1.54, 1.807) is 0 Å². The van der Waals surface area contributed by atoms with Gasteiger partial charge < -0.3 is 4.90 Å². The first-order valence-electron chi connectivity index (χ1n) is 9.36. The van der Waals surface area contributed by atoms with Crippen LogP contribution in [0.25, 0.3) is 0 Å². The van der Waals surface area contributed by atoms with Gasteiger partial charge in [-0.05, 0) is 70.0 Å². The Bertz CT molecular complexity index is 254. The van der Waals surface area contributed by atoms with Gasteiger partial charge in [-0.25, -0.2) is 0 Å². The summed E-state index contributed by atoms with van der Waals surface area (Å²) in [7, 11) is 2.28. The molecule has 0 heterocycles. The lowest BCUT2D eigenvalue weighted by Crippen LogP contribution is -2.42. The van der Waals surface area contributed by atoms with E-state index in [1.807, 2.05) is 0 Å². The van der Waals surface area contributed by atoms with E-state index in [0.29, 0.717) is 0 Å². The van der Waals surface area contributed by atoms with Crippen LogP contribution in [0.5, 0.6) is 0 Å². The molecule has 0 amide bonds. The molecule has 126 valence electrons. The molecule has 0 aliphatic heterocycles. The van der Waals surface area contributed by atoms with E-state index in [9.17, 15) is 0 Å². The third-order valence-corrected chi connectivity index (χ3v) is 5.46. The smallest absolute Gasteiger partial charge is 0.0112 e. The van der Waals surface area contributed by atoms with Gasteiger partial charge in [-0.3, -0.25) is 4.90 Å². The van der Waals surface area contributed by atoms with Gasteiger partial charge >= 0.3 is 0 Å². The lowest BCUT2D eigenvalue weighted by Gasteiger charge is -2.38. The first-order valence-corrected chi connectivity index (χ1v) is 9.36. The number of hydrogen-bond acceptors (Lipinski definition) is 2. The average Bonchev–Trinajstić information content (AvgIpc) is 2.46. The van der Waals surface area contributed by atoms with Crippen LogP contribution in [0.3, 0.4) is 0 Å². The minimum atomic E-state index is 0.820. The maximum absolute atomic E-state index is 2.74. The zero-order valence-corrected chi connectivity index (χ0v) is 15.6. The molecule has 0 aromatic carbocycles. The standard InChI is InChI=1S/C19H40N2/c1-7-21(15-14-20(6)13-12-16(2)3)19-10-8-18(9-11-19)17(4)5/h16-19H,7-15H2,1-6H3. The highest BCUT2D eigenvalue weighted by Crippen LogP contribution is 2.32. The number of hydrogen-bond donors (Lipinski definition) is 0. The second kappa shape index (κ2) is 9.84. The predicted molar refractivity (Wildman–Crippen MR) is 94.8 cm³/mol. The topological polar surface area (TPSA) is 6.48 Å². The van der Waals surface area contributed by atoms with E-state index < -0.39 is 0 Å². The summed E-state index contributed by atoms with van der Waals surface area (Å²) in [4.78, 5) is 5.25. The summed E-state index contributed by atoms with van der Waals surface area (Å²) in [6.07, 6.45) is 7.06. The summed E-state index contributed by atoms with van der Waals surface area (Å²) in [6, 6.07) is 0.850. The highest BCUT2D eigenvalue weighted by atomic mass is 15.2. The van der Waals surface area contributed by atoms with Crippen molar-refractivity contribution in [2.24, 2.45) is 17.8 Å². The van der Waals surface area contributed by atoms with Crippen molar-refractivity contribution in [1.82, 2.24) is 9.80 Å². The molecule has 0 N–H and O–H groups in total. The van der Waals surface area contributed by atoms with Crippen molar-refractivity contribution in [3.05, 3.63) is 0 Å². The Balaban J connectivity index is 2.28. The molecule has 0 aromatic heterocycles. The Kier molecular flexibility index (Phi) is 8.89. The third kappa shape index (κ3) is 7.15. The van der Waals surface area contributed by atoms with Gasteiger partial charge in [0, 0.05) is 19.1 Å². The Morgan fingerprint density at radius 1 is 0.905 bits per heavy atom. The van der Waals surface area contributed by atoms with Crippen LogP contribution in [0.15, 0.2) is 0 Å². The Hall–Kier alpha value is -0.0800. The quantitative estimate of drug-likeness (QED) is 0.618. The summed E-state index contributed by atoms with van der Waals surface area (Å²) in [5.41, 5.74) is 0. The van der Waals surface area contributed by atoms with Crippen LogP contribution in [-0.4, -0.2) is 49.1 Å². The van der Waals surface area contributed by atoms with Gasteiger partial charge in [0.25, 0.3) is 0 Å². The van der Waals surface area contributed by atoms with Gasteiger partial charge in [0.1, 0.15) is 0 Å². The van der Waals surface area contributed by atoms with E-state index in [0.717, 1.165) is 23.8 Å². The molecule has 2 heteroatoms. The van der Waals surface area contributed by atoms with Crippen LogP contribution >= 0.6 is 0 Å². The van der Waals surface area contributed by atoms with Crippen molar-refractivity contribution < 1.29 is 0 Å². The highest BCUT2D eigenvalue weighted by Gasteiger charge is 2.26. The van der Waals surface area contributed by atoms with Gasteiger partial charge in [-0.2, -0.15) is 0 Å². The second-order valence-electron chi connectivity index (χ2n) is 7.93. The third-order valence-electron chi connectivity index (χ3n) is 5.46. The molecule has 0 unspecified atom stereocenters. The molecule has 2 nitrogen and oxygen atoms in total. The van der Waals surface area contributed by atoms with Crippen molar-refractivity contribution in [2.45, 2.75) is 72.8 Å². The van der Waals surface area contributed by atoms with Gasteiger partial charge in [0.15, 0.2) is 0 Å². The fourth-order valence-electron chi connectivity index (χ4n) is 3.62. The molecular formula is C19H40N2. The van der Waals surface area contributed by atoms with Crippen molar-refractivity contribution in [3.63, 3.8) is 0 Å². The molecule has 0 radical (unpaired) electrons. The molecule has 1 aliphatic carbocycles. The van der Waals surface area contributed by atoms with Crippen LogP contribution in [0.1, 0.15) is 66.7 Å². The molecule has 21 heavy (non-hydrogen) atoms. The monoisotopic (exact) mass is 296 g/mol. The molecule has 0 atom stereocenters. The van der Waals surface area contributed by atoms with Gasteiger partial charge in [0.2, 0.25) is 0 Å². The van der Waals surface area contributed by atoms with E-state index in [4.69, 9.17) is 0 Å². The fraction of sp³-hybridized carbons (Fsp3) is 1.00. The SMILES string of the molecule is CCN(CCN(C)CCC(C)C)C1CCC(C(C)C)CC1. The zero-order chi connectivity index (χ0) is 15.8. The second-order valence-corrected chi connectivity index (χ2v) is 7.93. The van der Waals surface area contributed by atoms with E-state index in [2.05, 4.69) is 51.5 Å². The lowest BCUT2D eigenvalue weighted by atomic mass is 9.79. The Morgan fingerprint density at radius 3 is 2.00 bits per heavy atom. The average molecular weight is 297 g/mol. The first kappa shape index (κ1) is 19.0. The summed E-state index contributed by atoms with van der Waals surface area (Å²) < 4.78 is 0. The van der Waals surface area contributed by atoms with Crippen molar-refractivity contribution in [1.29, 1.82) is 0 Å². The van der Waals surface area contributed by atoms with E-state index in [1.165, 1.54) is 58.3 Å². The normalized spacial score (nSPS) is 23.7. The summed E-state index contributed by atoms with van der Waals surface area (Å²) in [5, 5.41) is 0. The molecule has 1 aliphatic rings. The van der Waals surface area contributed by atoms with Crippen molar-refractivity contribution in [3.8, 4) is 0 Å². The van der Waals surface area contributed by atoms with Crippen molar-refractivity contribution >= 4 is 0 Å². The van der Waals surface area contributed by atoms with Crippen molar-refractivity contribution in [2.75, 3.05) is 33.2 Å². The van der Waals surface area contributed by atoms with E-state index >= 15 is 0 Å². The summed E-state index contributed by atoms with van der Waals surface area (Å²) >= 11 is 0. The number of rotatable bonds is 9.